The van der Waals surface area contributed by atoms with Gasteiger partial charge in [0.05, 0.1) is 17.2 Å². The summed E-state index contributed by atoms with van der Waals surface area (Å²) >= 11 is 22.9. The largest absolute Gasteiger partial charge is 0.494 e. The first-order chi connectivity index (χ1) is 10.9. The second-order valence-electron chi connectivity index (χ2n) is 4.39. The summed E-state index contributed by atoms with van der Waals surface area (Å²) in [6.07, 6.45) is 0. The molecule has 2 rings (SSSR count). The zero-order valence-corrected chi connectivity index (χ0v) is 14.9. The first kappa shape index (κ1) is 17.8. The Labute approximate surface area is 153 Å². The Bertz CT molecular complexity index is 728. The highest BCUT2D eigenvalue weighted by Gasteiger charge is 2.14. The van der Waals surface area contributed by atoms with Crippen LogP contribution in [0.1, 0.15) is 10.4 Å². The van der Waals surface area contributed by atoms with Gasteiger partial charge in [0.25, 0.3) is 5.91 Å². The average molecular weight is 390 g/mol. The molecule has 8 heteroatoms. The van der Waals surface area contributed by atoms with Crippen molar-refractivity contribution in [3.05, 3.63) is 57.0 Å². The van der Waals surface area contributed by atoms with Crippen LogP contribution in [0.3, 0.4) is 0 Å². The molecule has 2 aromatic rings. The SMILES string of the molecule is COc1c(Cl)cc(C(=O)NC(=S)Nc2ccc(Cl)cc2)cc1Cl. The number of thiocarbonyl (C=S) groups is 1. The Morgan fingerprint density at radius 2 is 1.65 bits per heavy atom. The summed E-state index contributed by atoms with van der Waals surface area (Å²) in [7, 11) is 1.44. The van der Waals surface area contributed by atoms with Gasteiger partial charge in [0.2, 0.25) is 0 Å². The highest BCUT2D eigenvalue weighted by atomic mass is 35.5. The smallest absolute Gasteiger partial charge is 0.257 e. The van der Waals surface area contributed by atoms with Gasteiger partial charge < -0.3 is 10.1 Å². The van der Waals surface area contributed by atoms with Gasteiger partial charge in [-0.25, -0.2) is 0 Å². The maximum Gasteiger partial charge on any atom is 0.257 e. The van der Waals surface area contributed by atoms with Gasteiger partial charge in [0.1, 0.15) is 0 Å². The Kier molecular flexibility index (Phi) is 6.07. The Balaban J connectivity index is 2.06. The quantitative estimate of drug-likeness (QED) is 0.742. The average Bonchev–Trinajstić information content (AvgIpc) is 2.49. The molecule has 0 aliphatic rings. The van der Waals surface area contributed by atoms with Gasteiger partial charge in [0, 0.05) is 16.3 Å². The second kappa shape index (κ2) is 7.84. The predicted octanol–water partition coefficient (Wildman–Crippen LogP) is 4.78. The lowest BCUT2D eigenvalue weighted by molar-refractivity contribution is 0.0977. The zero-order chi connectivity index (χ0) is 17.0. The molecule has 4 nitrogen and oxygen atoms in total. The number of carbonyl (C=O) groups excluding carboxylic acids is 1. The van der Waals surface area contributed by atoms with E-state index in [2.05, 4.69) is 10.6 Å². The van der Waals surface area contributed by atoms with Crippen LogP contribution in [-0.4, -0.2) is 18.1 Å². The second-order valence-corrected chi connectivity index (χ2v) is 6.05. The standard InChI is InChI=1S/C15H11Cl3N2O2S/c1-22-13-11(17)6-8(7-12(13)18)14(21)20-15(23)19-10-4-2-9(16)3-5-10/h2-7H,1H3,(H2,19,20,21,23). The van der Waals surface area contributed by atoms with E-state index >= 15 is 0 Å². The highest BCUT2D eigenvalue weighted by molar-refractivity contribution is 7.80. The van der Waals surface area contributed by atoms with Crippen LogP contribution in [0.5, 0.6) is 5.75 Å². The van der Waals surface area contributed by atoms with Crippen molar-refractivity contribution in [2.24, 2.45) is 0 Å². The van der Waals surface area contributed by atoms with Crippen molar-refractivity contribution in [3.8, 4) is 5.75 Å². The van der Waals surface area contributed by atoms with Crippen LogP contribution in [0.4, 0.5) is 5.69 Å². The van der Waals surface area contributed by atoms with Crippen molar-refractivity contribution in [2.75, 3.05) is 12.4 Å². The van der Waals surface area contributed by atoms with Crippen molar-refractivity contribution in [3.63, 3.8) is 0 Å². The van der Waals surface area contributed by atoms with E-state index < -0.39 is 5.91 Å². The molecule has 0 bridgehead atoms. The van der Waals surface area contributed by atoms with E-state index in [0.29, 0.717) is 16.5 Å². The van der Waals surface area contributed by atoms with E-state index in [-0.39, 0.29) is 20.7 Å². The molecule has 0 aliphatic carbocycles. The van der Waals surface area contributed by atoms with Gasteiger partial charge in [-0.15, -0.1) is 0 Å². The van der Waals surface area contributed by atoms with E-state index in [0.717, 1.165) is 0 Å². The number of methoxy groups -OCH3 is 1. The molecule has 2 N–H and O–H groups in total. The number of rotatable bonds is 3. The Morgan fingerprint density at radius 3 is 2.17 bits per heavy atom. The zero-order valence-electron chi connectivity index (χ0n) is 11.8. The van der Waals surface area contributed by atoms with Crippen molar-refractivity contribution in [2.45, 2.75) is 0 Å². The Morgan fingerprint density at radius 1 is 1.09 bits per heavy atom. The normalized spacial score (nSPS) is 10.1. The number of hydrogen-bond donors (Lipinski definition) is 2. The van der Waals surface area contributed by atoms with Crippen LogP contribution in [0.25, 0.3) is 0 Å². The molecule has 1 amide bonds. The van der Waals surface area contributed by atoms with Gasteiger partial charge in [-0.3, -0.25) is 10.1 Å². The van der Waals surface area contributed by atoms with E-state index in [4.69, 9.17) is 51.8 Å². The molecular formula is C15H11Cl3N2O2S. The van der Waals surface area contributed by atoms with Gasteiger partial charge in [-0.05, 0) is 48.6 Å². The molecule has 0 spiro atoms. The summed E-state index contributed by atoms with van der Waals surface area (Å²) in [4.78, 5) is 12.2. The maximum absolute atomic E-state index is 12.2. The van der Waals surface area contributed by atoms with Crippen molar-refractivity contribution >= 4 is 63.7 Å². The third kappa shape index (κ3) is 4.72. The van der Waals surface area contributed by atoms with Gasteiger partial charge in [-0.1, -0.05) is 34.8 Å². The predicted molar refractivity (Wildman–Crippen MR) is 98.2 cm³/mol. The third-order valence-corrected chi connectivity index (χ3v) is 3.81. The monoisotopic (exact) mass is 388 g/mol. The van der Waals surface area contributed by atoms with E-state index in [1.807, 2.05) is 0 Å². The van der Waals surface area contributed by atoms with E-state index in [9.17, 15) is 4.79 Å². The molecule has 120 valence electrons. The van der Waals surface area contributed by atoms with Crippen LogP contribution in [0, 0.1) is 0 Å². The minimum absolute atomic E-state index is 0.139. The molecule has 0 atom stereocenters. The fourth-order valence-corrected chi connectivity index (χ4v) is 2.73. The molecule has 0 aromatic heterocycles. The van der Waals surface area contributed by atoms with Crippen molar-refractivity contribution in [1.29, 1.82) is 0 Å². The number of carbonyl (C=O) groups is 1. The van der Waals surface area contributed by atoms with Crippen molar-refractivity contribution in [1.82, 2.24) is 5.32 Å². The molecule has 0 unspecified atom stereocenters. The molecule has 23 heavy (non-hydrogen) atoms. The van der Waals surface area contributed by atoms with Crippen LogP contribution < -0.4 is 15.4 Å². The fourth-order valence-electron chi connectivity index (χ4n) is 1.76. The number of benzene rings is 2. The summed E-state index contributed by atoms with van der Waals surface area (Å²) in [5.74, 6) is -0.130. The number of ether oxygens (including phenoxy) is 1. The summed E-state index contributed by atoms with van der Waals surface area (Å²) in [6, 6.07) is 9.79. The van der Waals surface area contributed by atoms with Crippen LogP contribution in [-0.2, 0) is 0 Å². The molecular weight excluding hydrogens is 379 g/mol. The lowest BCUT2D eigenvalue weighted by Crippen LogP contribution is -2.34. The number of nitrogens with one attached hydrogen (secondary N) is 2. The minimum atomic E-state index is -0.442. The number of anilines is 1. The summed E-state index contributed by atoms with van der Waals surface area (Å²) < 4.78 is 5.04. The lowest BCUT2D eigenvalue weighted by Gasteiger charge is -2.11. The summed E-state index contributed by atoms with van der Waals surface area (Å²) in [5, 5.41) is 6.63. The highest BCUT2D eigenvalue weighted by Crippen LogP contribution is 2.33. The lowest BCUT2D eigenvalue weighted by atomic mass is 10.2. The molecule has 0 heterocycles. The number of hydrogen-bond acceptors (Lipinski definition) is 3. The van der Waals surface area contributed by atoms with Gasteiger partial charge >= 0.3 is 0 Å². The molecule has 2 aromatic carbocycles. The van der Waals surface area contributed by atoms with E-state index in [1.165, 1.54) is 19.2 Å². The van der Waals surface area contributed by atoms with Gasteiger partial charge in [-0.2, -0.15) is 0 Å². The fraction of sp³-hybridized carbons (Fsp3) is 0.0667. The summed E-state index contributed by atoms with van der Waals surface area (Å²) in [6.45, 7) is 0. The van der Waals surface area contributed by atoms with Crippen molar-refractivity contribution < 1.29 is 9.53 Å². The van der Waals surface area contributed by atoms with Crippen LogP contribution >= 0.6 is 47.0 Å². The maximum atomic E-state index is 12.2. The van der Waals surface area contributed by atoms with Crippen LogP contribution in [0.2, 0.25) is 15.1 Å². The first-order valence-corrected chi connectivity index (χ1v) is 7.86. The van der Waals surface area contributed by atoms with Crippen LogP contribution in [0.15, 0.2) is 36.4 Å². The number of amides is 1. The topological polar surface area (TPSA) is 50.4 Å². The Hall–Kier alpha value is -1.53. The third-order valence-electron chi connectivity index (χ3n) is 2.79. The van der Waals surface area contributed by atoms with Gasteiger partial charge in [0.15, 0.2) is 10.9 Å². The molecule has 0 radical (unpaired) electrons. The molecule has 0 fully saturated rings. The number of halogens is 3. The molecule has 0 aliphatic heterocycles. The first-order valence-electron chi connectivity index (χ1n) is 6.31. The molecule has 0 saturated heterocycles. The van der Waals surface area contributed by atoms with E-state index in [1.54, 1.807) is 24.3 Å². The molecule has 0 saturated carbocycles. The minimum Gasteiger partial charge on any atom is -0.494 e. The summed E-state index contributed by atoms with van der Waals surface area (Å²) in [5.41, 5.74) is 0.964.